The summed E-state index contributed by atoms with van der Waals surface area (Å²) >= 11 is 0. The fourth-order valence-electron chi connectivity index (χ4n) is 2.75. The Morgan fingerprint density at radius 1 is 0.696 bits per heavy atom. The van der Waals surface area contributed by atoms with E-state index in [-0.39, 0.29) is 24.7 Å². The van der Waals surface area contributed by atoms with E-state index in [0.717, 1.165) is 44.9 Å². The van der Waals surface area contributed by atoms with Gasteiger partial charge in [-0.2, -0.15) is 0 Å². The van der Waals surface area contributed by atoms with Crippen LogP contribution in [0.25, 0.3) is 0 Å². The topological polar surface area (TPSA) is 98.0 Å². The lowest BCUT2D eigenvalue weighted by atomic mass is 10.00. The predicted octanol–water partition coefficient (Wildman–Crippen LogP) is 3.24. The zero-order valence-electron chi connectivity index (χ0n) is 14.6. The normalized spacial score (nSPS) is 15.3. The average Bonchev–Trinajstić information content (AvgIpc) is 2.48. The summed E-state index contributed by atoms with van der Waals surface area (Å²) in [6, 6.07) is 0. The minimum atomic E-state index is -0.745. The zero-order chi connectivity index (χ0) is 17.5. The molecule has 0 aromatic heterocycles. The minimum absolute atomic E-state index is 0.230. The fraction of sp³-hybridized carbons (Fsp3) is 0.944. The van der Waals surface area contributed by atoms with Crippen LogP contribution in [0.2, 0.25) is 0 Å². The van der Waals surface area contributed by atoms with E-state index in [1.807, 2.05) is 6.92 Å². The largest absolute Gasteiger partial charge is 0.481 e. The lowest BCUT2D eigenvalue weighted by Crippen LogP contribution is -2.14. The fourth-order valence-corrected chi connectivity index (χ4v) is 2.75. The van der Waals surface area contributed by atoms with Crippen molar-refractivity contribution in [2.24, 2.45) is 0 Å². The number of hydrogen-bond acceptors (Lipinski definition) is 4. The van der Waals surface area contributed by atoms with Crippen LogP contribution in [-0.2, 0) is 4.79 Å². The molecule has 0 aromatic rings. The van der Waals surface area contributed by atoms with Gasteiger partial charge in [0.2, 0.25) is 0 Å². The third kappa shape index (κ3) is 16.0. The van der Waals surface area contributed by atoms with E-state index >= 15 is 0 Å². The lowest BCUT2D eigenvalue weighted by molar-refractivity contribution is -0.137. The summed E-state index contributed by atoms with van der Waals surface area (Å²) in [6.45, 7) is 2.03. The highest BCUT2D eigenvalue weighted by Gasteiger charge is 2.10. The molecular formula is C18H36O5. The van der Waals surface area contributed by atoms with Crippen molar-refractivity contribution in [2.75, 3.05) is 0 Å². The summed E-state index contributed by atoms with van der Waals surface area (Å²) in [6.07, 6.45) is 8.65. The Morgan fingerprint density at radius 2 is 1.17 bits per heavy atom. The van der Waals surface area contributed by atoms with Crippen LogP contribution in [0.5, 0.6) is 0 Å². The van der Waals surface area contributed by atoms with Gasteiger partial charge in [0.25, 0.3) is 0 Å². The number of aliphatic carboxylic acids is 1. The molecule has 138 valence electrons. The van der Waals surface area contributed by atoms with Gasteiger partial charge in [-0.05, 0) is 51.4 Å². The van der Waals surface area contributed by atoms with Crippen molar-refractivity contribution in [3.8, 4) is 0 Å². The number of carboxylic acid groups (broad SMARTS) is 1. The smallest absolute Gasteiger partial charge is 0.303 e. The van der Waals surface area contributed by atoms with Gasteiger partial charge in [0.1, 0.15) is 0 Å². The molecule has 5 heteroatoms. The molecule has 0 heterocycles. The minimum Gasteiger partial charge on any atom is -0.481 e. The SMILES string of the molecule is CCCC(O)CCC(O)CCCC(O)CCCCCCC(=O)O. The van der Waals surface area contributed by atoms with Gasteiger partial charge >= 0.3 is 5.97 Å². The molecule has 0 spiro atoms. The number of aliphatic hydroxyl groups is 3. The summed E-state index contributed by atoms with van der Waals surface area (Å²) in [5.74, 6) is -0.745. The van der Waals surface area contributed by atoms with Gasteiger partial charge in [0.15, 0.2) is 0 Å². The number of rotatable bonds is 16. The molecule has 0 aliphatic rings. The summed E-state index contributed by atoms with van der Waals surface area (Å²) in [4.78, 5) is 10.4. The Hall–Kier alpha value is -0.650. The van der Waals surface area contributed by atoms with Crippen LogP contribution in [0.4, 0.5) is 0 Å². The maximum atomic E-state index is 10.4. The highest BCUT2D eigenvalue weighted by molar-refractivity contribution is 5.66. The summed E-state index contributed by atoms with van der Waals surface area (Å²) < 4.78 is 0. The average molecular weight is 332 g/mol. The molecule has 0 radical (unpaired) electrons. The van der Waals surface area contributed by atoms with Crippen molar-refractivity contribution in [2.45, 2.75) is 109 Å². The number of carbonyl (C=O) groups is 1. The third-order valence-electron chi connectivity index (χ3n) is 4.21. The Balaban J connectivity index is 3.44. The van der Waals surface area contributed by atoms with Gasteiger partial charge in [0.05, 0.1) is 18.3 Å². The van der Waals surface area contributed by atoms with E-state index < -0.39 is 5.97 Å². The van der Waals surface area contributed by atoms with Crippen molar-refractivity contribution in [1.29, 1.82) is 0 Å². The van der Waals surface area contributed by atoms with Crippen LogP contribution in [0.15, 0.2) is 0 Å². The van der Waals surface area contributed by atoms with Gasteiger partial charge in [-0.25, -0.2) is 0 Å². The van der Waals surface area contributed by atoms with Crippen molar-refractivity contribution < 1.29 is 25.2 Å². The molecule has 0 fully saturated rings. The Bertz CT molecular complexity index is 283. The zero-order valence-corrected chi connectivity index (χ0v) is 14.6. The van der Waals surface area contributed by atoms with E-state index in [1.165, 1.54) is 0 Å². The van der Waals surface area contributed by atoms with Crippen LogP contribution in [0, 0.1) is 0 Å². The molecule has 3 atom stereocenters. The summed E-state index contributed by atoms with van der Waals surface area (Å²) in [5, 5.41) is 37.9. The Morgan fingerprint density at radius 3 is 1.74 bits per heavy atom. The Labute approximate surface area is 140 Å². The van der Waals surface area contributed by atoms with Crippen molar-refractivity contribution >= 4 is 5.97 Å². The van der Waals surface area contributed by atoms with Crippen LogP contribution in [0.3, 0.4) is 0 Å². The summed E-state index contributed by atoms with van der Waals surface area (Å²) in [7, 11) is 0. The summed E-state index contributed by atoms with van der Waals surface area (Å²) in [5.41, 5.74) is 0. The van der Waals surface area contributed by atoms with E-state index in [1.54, 1.807) is 0 Å². The highest BCUT2D eigenvalue weighted by atomic mass is 16.4. The number of carboxylic acids is 1. The predicted molar refractivity (Wildman–Crippen MR) is 91.4 cm³/mol. The Kier molecular flexibility index (Phi) is 14.5. The van der Waals surface area contributed by atoms with Gasteiger partial charge in [0, 0.05) is 6.42 Å². The first-order chi connectivity index (χ1) is 11.0. The number of unbranched alkanes of at least 4 members (excludes halogenated alkanes) is 3. The lowest BCUT2D eigenvalue weighted by Gasteiger charge is -2.15. The van der Waals surface area contributed by atoms with Crippen molar-refractivity contribution in [3.05, 3.63) is 0 Å². The molecule has 4 N–H and O–H groups in total. The number of hydrogen-bond donors (Lipinski definition) is 4. The van der Waals surface area contributed by atoms with Gasteiger partial charge < -0.3 is 20.4 Å². The molecule has 3 unspecified atom stereocenters. The molecule has 0 aliphatic heterocycles. The number of aliphatic hydroxyl groups excluding tert-OH is 3. The van der Waals surface area contributed by atoms with Gasteiger partial charge in [-0.1, -0.05) is 32.6 Å². The molecule has 0 bridgehead atoms. The van der Waals surface area contributed by atoms with Crippen LogP contribution in [-0.4, -0.2) is 44.7 Å². The molecule has 0 rings (SSSR count). The van der Waals surface area contributed by atoms with E-state index in [2.05, 4.69) is 0 Å². The van der Waals surface area contributed by atoms with Crippen LogP contribution >= 0.6 is 0 Å². The standard InChI is InChI=1S/C18H36O5/c1-2-8-15(19)13-14-17(21)11-7-10-16(20)9-5-3-4-6-12-18(22)23/h15-17,19-21H,2-14H2,1H3,(H,22,23). The second kappa shape index (κ2) is 14.9. The van der Waals surface area contributed by atoms with E-state index in [4.69, 9.17) is 5.11 Å². The maximum Gasteiger partial charge on any atom is 0.303 e. The van der Waals surface area contributed by atoms with Crippen molar-refractivity contribution in [3.63, 3.8) is 0 Å². The maximum absolute atomic E-state index is 10.4. The van der Waals surface area contributed by atoms with Gasteiger partial charge in [-0.15, -0.1) is 0 Å². The molecule has 5 nitrogen and oxygen atoms in total. The molecule has 0 saturated heterocycles. The molecule has 0 amide bonds. The second-order valence-electron chi connectivity index (χ2n) is 6.61. The van der Waals surface area contributed by atoms with Gasteiger partial charge in [-0.3, -0.25) is 4.79 Å². The molecule has 0 aromatic carbocycles. The molecule has 0 aliphatic carbocycles. The van der Waals surface area contributed by atoms with Crippen LogP contribution in [0.1, 0.15) is 90.4 Å². The monoisotopic (exact) mass is 332 g/mol. The van der Waals surface area contributed by atoms with Crippen molar-refractivity contribution in [1.82, 2.24) is 0 Å². The van der Waals surface area contributed by atoms with E-state index in [9.17, 15) is 20.1 Å². The highest BCUT2D eigenvalue weighted by Crippen LogP contribution is 2.15. The first-order valence-electron chi connectivity index (χ1n) is 9.21. The molecular weight excluding hydrogens is 296 g/mol. The van der Waals surface area contributed by atoms with Crippen LogP contribution < -0.4 is 0 Å². The first-order valence-corrected chi connectivity index (χ1v) is 9.21. The van der Waals surface area contributed by atoms with E-state index in [0.29, 0.717) is 32.1 Å². The quantitative estimate of drug-likeness (QED) is 0.325. The molecule has 23 heavy (non-hydrogen) atoms. The first kappa shape index (κ1) is 22.4. The second-order valence-corrected chi connectivity index (χ2v) is 6.61. The third-order valence-corrected chi connectivity index (χ3v) is 4.21. The molecule has 0 saturated carbocycles.